The fraction of sp³-hybridized carbons (Fsp3) is 0.500. The van der Waals surface area contributed by atoms with Gasteiger partial charge in [0.25, 0.3) is 5.69 Å². The van der Waals surface area contributed by atoms with Crippen LogP contribution in [0.1, 0.15) is 27.2 Å². The molecule has 0 saturated carbocycles. The number of anilines is 1. The van der Waals surface area contributed by atoms with Crippen LogP contribution in [-0.4, -0.2) is 17.6 Å². The molecule has 1 aromatic carbocycles. The van der Waals surface area contributed by atoms with Crippen molar-refractivity contribution in [1.82, 2.24) is 0 Å². The first-order valence-corrected chi connectivity index (χ1v) is 5.50. The monoisotopic (exact) mass is 238 g/mol. The van der Waals surface area contributed by atoms with Gasteiger partial charge in [0.1, 0.15) is 11.4 Å². The first-order valence-electron chi connectivity index (χ1n) is 5.50. The summed E-state index contributed by atoms with van der Waals surface area (Å²) >= 11 is 0. The van der Waals surface area contributed by atoms with E-state index in [0.717, 1.165) is 6.42 Å². The van der Waals surface area contributed by atoms with Crippen LogP contribution in [0.3, 0.4) is 0 Å². The number of nitrogens with one attached hydrogen (secondary N) is 1. The molecule has 0 bridgehead atoms. The lowest BCUT2D eigenvalue weighted by Gasteiger charge is -2.25. The SMILES string of the molecule is CCC(C)(C)Nc1ccc(OC)cc1[N+](=O)[O-]. The number of hydrogen-bond donors (Lipinski definition) is 1. The van der Waals surface area contributed by atoms with Crippen molar-refractivity contribution in [3.8, 4) is 5.75 Å². The summed E-state index contributed by atoms with van der Waals surface area (Å²) in [4.78, 5) is 10.6. The van der Waals surface area contributed by atoms with Gasteiger partial charge in [0.2, 0.25) is 0 Å². The van der Waals surface area contributed by atoms with Crippen LogP contribution in [0.5, 0.6) is 5.75 Å². The third-order valence-corrected chi connectivity index (χ3v) is 2.76. The number of rotatable bonds is 5. The van der Waals surface area contributed by atoms with E-state index in [1.807, 2.05) is 20.8 Å². The van der Waals surface area contributed by atoms with Gasteiger partial charge in [-0.05, 0) is 32.4 Å². The molecule has 17 heavy (non-hydrogen) atoms. The van der Waals surface area contributed by atoms with Crippen LogP contribution in [0.15, 0.2) is 18.2 Å². The van der Waals surface area contributed by atoms with Crippen LogP contribution in [0.2, 0.25) is 0 Å². The number of benzene rings is 1. The van der Waals surface area contributed by atoms with E-state index in [1.54, 1.807) is 12.1 Å². The number of ether oxygens (including phenoxy) is 1. The van der Waals surface area contributed by atoms with Gasteiger partial charge >= 0.3 is 0 Å². The summed E-state index contributed by atoms with van der Waals surface area (Å²) in [5.74, 6) is 0.483. The number of nitro groups is 1. The van der Waals surface area contributed by atoms with Crippen molar-refractivity contribution in [2.24, 2.45) is 0 Å². The number of nitro benzene ring substituents is 1. The molecular weight excluding hydrogens is 220 g/mol. The molecule has 0 atom stereocenters. The van der Waals surface area contributed by atoms with Crippen LogP contribution >= 0.6 is 0 Å². The van der Waals surface area contributed by atoms with E-state index < -0.39 is 4.92 Å². The highest BCUT2D eigenvalue weighted by atomic mass is 16.6. The maximum atomic E-state index is 11.0. The molecule has 94 valence electrons. The molecule has 0 aliphatic carbocycles. The minimum absolute atomic E-state index is 0.0332. The summed E-state index contributed by atoms with van der Waals surface area (Å²) < 4.78 is 4.98. The van der Waals surface area contributed by atoms with Gasteiger partial charge in [0.15, 0.2) is 0 Å². The van der Waals surface area contributed by atoms with Crippen molar-refractivity contribution in [1.29, 1.82) is 0 Å². The standard InChI is InChI=1S/C12H18N2O3/c1-5-12(2,3)13-10-7-6-9(17-4)8-11(10)14(15)16/h6-8,13H,5H2,1-4H3. The number of hydrogen-bond acceptors (Lipinski definition) is 4. The van der Waals surface area contributed by atoms with Crippen LogP contribution in [0, 0.1) is 10.1 Å². The Bertz CT molecular complexity index is 416. The van der Waals surface area contributed by atoms with Crippen molar-refractivity contribution >= 4 is 11.4 Å². The van der Waals surface area contributed by atoms with Crippen molar-refractivity contribution in [3.63, 3.8) is 0 Å². The Morgan fingerprint density at radius 2 is 2.12 bits per heavy atom. The van der Waals surface area contributed by atoms with Gasteiger partial charge in [-0.2, -0.15) is 0 Å². The maximum Gasteiger partial charge on any atom is 0.296 e. The molecule has 0 amide bonds. The van der Waals surface area contributed by atoms with E-state index in [9.17, 15) is 10.1 Å². The molecule has 0 aromatic heterocycles. The quantitative estimate of drug-likeness (QED) is 0.632. The van der Waals surface area contributed by atoms with Crippen LogP contribution in [0.4, 0.5) is 11.4 Å². The predicted octanol–water partition coefficient (Wildman–Crippen LogP) is 3.20. The average molecular weight is 238 g/mol. The van der Waals surface area contributed by atoms with Crippen molar-refractivity contribution in [3.05, 3.63) is 28.3 Å². The molecule has 0 heterocycles. The summed E-state index contributed by atoms with van der Waals surface area (Å²) in [6.45, 7) is 6.03. The normalized spacial score (nSPS) is 11.1. The van der Waals surface area contributed by atoms with Gasteiger partial charge in [-0.3, -0.25) is 10.1 Å². The van der Waals surface area contributed by atoms with E-state index in [2.05, 4.69) is 5.32 Å². The molecule has 1 rings (SSSR count). The number of methoxy groups -OCH3 is 1. The summed E-state index contributed by atoms with van der Waals surface area (Å²) in [6.07, 6.45) is 0.871. The second-order valence-corrected chi connectivity index (χ2v) is 4.50. The molecule has 0 saturated heterocycles. The summed E-state index contributed by atoms with van der Waals surface area (Å²) in [6, 6.07) is 4.81. The van der Waals surface area contributed by atoms with E-state index in [1.165, 1.54) is 13.2 Å². The van der Waals surface area contributed by atoms with E-state index >= 15 is 0 Å². The van der Waals surface area contributed by atoms with Gasteiger partial charge in [-0.1, -0.05) is 6.92 Å². The second-order valence-electron chi connectivity index (χ2n) is 4.50. The Kier molecular flexibility index (Phi) is 3.93. The molecule has 1 aromatic rings. The fourth-order valence-electron chi connectivity index (χ4n) is 1.35. The topological polar surface area (TPSA) is 64.4 Å². The van der Waals surface area contributed by atoms with Gasteiger partial charge in [-0.15, -0.1) is 0 Å². The summed E-state index contributed by atoms with van der Waals surface area (Å²) in [5, 5.41) is 14.1. The lowest BCUT2D eigenvalue weighted by atomic mass is 10.0. The Hall–Kier alpha value is -1.78. The molecule has 5 nitrogen and oxygen atoms in total. The van der Waals surface area contributed by atoms with Crippen LogP contribution < -0.4 is 10.1 Å². The lowest BCUT2D eigenvalue weighted by Crippen LogP contribution is -2.29. The second kappa shape index (κ2) is 5.03. The highest BCUT2D eigenvalue weighted by Gasteiger charge is 2.21. The third kappa shape index (κ3) is 3.34. The summed E-state index contributed by atoms with van der Waals surface area (Å²) in [7, 11) is 1.49. The molecule has 0 radical (unpaired) electrons. The first-order chi connectivity index (χ1) is 7.89. The van der Waals surface area contributed by atoms with E-state index in [0.29, 0.717) is 11.4 Å². The van der Waals surface area contributed by atoms with Gasteiger partial charge in [-0.25, -0.2) is 0 Å². The molecule has 0 spiro atoms. The molecule has 5 heteroatoms. The Labute approximate surface area is 101 Å². The Balaban J connectivity index is 3.11. The van der Waals surface area contributed by atoms with E-state index in [-0.39, 0.29) is 11.2 Å². The third-order valence-electron chi connectivity index (χ3n) is 2.76. The smallest absolute Gasteiger partial charge is 0.296 e. The molecular formula is C12H18N2O3. The van der Waals surface area contributed by atoms with Gasteiger partial charge in [0, 0.05) is 5.54 Å². The van der Waals surface area contributed by atoms with Crippen molar-refractivity contribution in [2.75, 3.05) is 12.4 Å². The average Bonchev–Trinajstić information content (AvgIpc) is 2.29. The van der Waals surface area contributed by atoms with Crippen LogP contribution in [0.25, 0.3) is 0 Å². The fourth-order valence-corrected chi connectivity index (χ4v) is 1.35. The summed E-state index contributed by atoms with van der Waals surface area (Å²) in [5.41, 5.74) is 0.368. The van der Waals surface area contributed by atoms with Gasteiger partial charge < -0.3 is 10.1 Å². The predicted molar refractivity (Wildman–Crippen MR) is 67.6 cm³/mol. The Morgan fingerprint density at radius 3 is 2.59 bits per heavy atom. The first kappa shape index (κ1) is 13.3. The number of nitrogens with zero attached hydrogens (tertiary/aromatic N) is 1. The van der Waals surface area contributed by atoms with Crippen molar-refractivity contribution in [2.45, 2.75) is 32.7 Å². The zero-order valence-electron chi connectivity index (χ0n) is 10.6. The highest BCUT2D eigenvalue weighted by Crippen LogP contribution is 2.31. The zero-order valence-corrected chi connectivity index (χ0v) is 10.6. The lowest BCUT2D eigenvalue weighted by molar-refractivity contribution is -0.384. The largest absolute Gasteiger partial charge is 0.496 e. The molecule has 0 fully saturated rings. The highest BCUT2D eigenvalue weighted by molar-refractivity contribution is 5.64. The maximum absolute atomic E-state index is 11.0. The minimum atomic E-state index is -0.406. The van der Waals surface area contributed by atoms with Crippen molar-refractivity contribution < 1.29 is 9.66 Å². The molecule has 0 aliphatic rings. The van der Waals surface area contributed by atoms with E-state index in [4.69, 9.17) is 4.74 Å². The zero-order chi connectivity index (χ0) is 13.1. The van der Waals surface area contributed by atoms with Gasteiger partial charge in [0.05, 0.1) is 18.1 Å². The molecule has 1 N–H and O–H groups in total. The Morgan fingerprint density at radius 1 is 1.47 bits per heavy atom. The minimum Gasteiger partial charge on any atom is -0.496 e. The molecule has 0 aliphatic heterocycles. The van der Waals surface area contributed by atoms with Crippen LogP contribution in [-0.2, 0) is 0 Å². The molecule has 0 unspecified atom stereocenters.